The lowest BCUT2D eigenvalue weighted by atomic mass is 10.1. The summed E-state index contributed by atoms with van der Waals surface area (Å²) in [6.45, 7) is 2.07. The van der Waals surface area contributed by atoms with E-state index in [-0.39, 0.29) is 6.04 Å². The third kappa shape index (κ3) is 2.42. The Labute approximate surface area is 90.1 Å². The lowest BCUT2D eigenvalue weighted by Crippen LogP contribution is -2.20. The molecule has 0 aromatic heterocycles. The van der Waals surface area contributed by atoms with E-state index in [0.717, 1.165) is 5.56 Å². The first kappa shape index (κ1) is 10.3. The van der Waals surface area contributed by atoms with Gasteiger partial charge in [0, 0.05) is 23.7 Å². The molecule has 1 unspecified atom stereocenters. The third-order valence-corrected chi connectivity index (χ3v) is 2.77. The van der Waals surface area contributed by atoms with Crippen molar-refractivity contribution in [1.82, 2.24) is 5.32 Å². The summed E-state index contributed by atoms with van der Waals surface area (Å²) in [7, 11) is 1.60. The number of hydrogen-bond acceptors (Lipinski definition) is 3. The Kier molecular flexibility index (Phi) is 2.82. The minimum Gasteiger partial charge on any atom is -0.507 e. The molecule has 0 heterocycles. The van der Waals surface area contributed by atoms with Crippen LogP contribution < -0.4 is 10.1 Å². The Morgan fingerprint density at radius 3 is 2.73 bits per heavy atom. The molecule has 0 amide bonds. The predicted molar refractivity (Wildman–Crippen MR) is 59.2 cm³/mol. The van der Waals surface area contributed by atoms with Gasteiger partial charge in [-0.1, -0.05) is 6.07 Å². The van der Waals surface area contributed by atoms with Crippen LogP contribution in [0, 0.1) is 0 Å². The van der Waals surface area contributed by atoms with Crippen molar-refractivity contribution in [2.24, 2.45) is 0 Å². The highest BCUT2D eigenvalue weighted by atomic mass is 16.5. The van der Waals surface area contributed by atoms with Crippen LogP contribution >= 0.6 is 0 Å². The molecule has 0 spiro atoms. The highest BCUT2D eigenvalue weighted by Crippen LogP contribution is 2.30. The van der Waals surface area contributed by atoms with Crippen LogP contribution in [0.25, 0.3) is 0 Å². The van der Waals surface area contributed by atoms with Crippen LogP contribution in [0.15, 0.2) is 18.2 Å². The molecule has 0 saturated heterocycles. The fourth-order valence-electron chi connectivity index (χ4n) is 1.71. The molecule has 1 aliphatic rings. The molecule has 82 valence electrons. The van der Waals surface area contributed by atoms with Crippen LogP contribution in [0.1, 0.15) is 31.4 Å². The maximum Gasteiger partial charge on any atom is 0.124 e. The Hall–Kier alpha value is -1.22. The van der Waals surface area contributed by atoms with Crippen molar-refractivity contribution >= 4 is 0 Å². The standard InChI is InChI=1S/C12H17NO2/c1-8(13-9-3-4-9)11-6-5-10(15-2)7-12(11)14/h5-9,13-14H,3-4H2,1-2H3. The number of hydrogen-bond donors (Lipinski definition) is 2. The minimum atomic E-state index is 0.198. The van der Waals surface area contributed by atoms with Crippen molar-refractivity contribution in [2.75, 3.05) is 7.11 Å². The molecule has 3 heteroatoms. The van der Waals surface area contributed by atoms with E-state index >= 15 is 0 Å². The van der Waals surface area contributed by atoms with E-state index in [2.05, 4.69) is 12.2 Å². The molecule has 1 aromatic carbocycles. The number of benzene rings is 1. The first-order valence-corrected chi connectivity index (χ1v) is 5.33. The fraction of sp³-hybridized carbons (Fsp3) is 0.500. The molecule has 1 atom stereocenters. The van der Waals surface area contributed by atoms with Crippen LogP contribution in [0.4, 0.5) is 0 Å². The maximum atomic E-state index is 9.81. The number of methoxy groups -OCH3 is 1. The molecular weight excluding hydrogens is 190 g/mol. The summed E-state index contributed by atoms with van der Waals surface area (Å²) in [4.78, 5) is 0. The Morgan fingerprint density at radius 2 is 2.20 bits per heavy atom. The Bertz CT molecular complexity index is 347. The van der Waals surface area contributed by atoms with Gasteiger partial charge in [0.15, 0.2) is 0 Å². The normalized spacial score (nSPS) is 17.5. The summed E-state index contributed by atoms with van der Waals surface area (Å²) in [6, 6.07) is 6.28. The molecular formula is C12H17NO2. The zero-order valence-corrected chi connectivity index (χ0v) is 9.16. The van der Waals surface area contributed by atoms with Crippen molar-refractivity contribution in [3.63, 3.8) is 0 Å². The largest absolute Gasteiger partial charge is 0.507 e. The van der Waals surface area contributed by atoms with Gasteiger partial charge in [-0.2, -0.15) is 0 Å². The SMILES string of the molecule is COc1ccc(C(C)NC2CC2)c(O)c1. The van der Waals surface area contributed by atoms with Crippen LogP contribution in [-0.2, 0) is 0 Å². The number of aromatic hydroxyl groups is 1. The monoisotopic (exact) mass is 207 g/mol. The average Bonchev–Trinajstić information content (AvgIpc) is 3.01. The summed E-state index contributed by atoms with van der Waals surface area (Å²) < 4.78 is 5.04. The van der Waals surface area contributed by atoms with Crippen LogP contribution in [0.5, 0.6) is 11.5 Å². The highest BCUT2D eigenvalue weighted by Gasteiger charge is 2.24. The number of nitrogens with one attached hydrogen (secondary N) is 1. The molecule has 1 aliphatic carbocycles. The lowest BCUT2D eigenvalue weighted by molar-refractivity contribution is 0.404. The van der Waals surface area contributed by atoms with Gasteiger partial charge < -0.3 is 15.2 Å². The number of phenols is 1. The smallest absolute Gasteiger partial charge is 0.124 e. The van der Waals surface area contributed by atoms with Gasteiger partial charge in [-0.15, -0.1) is 0 Å². The molecule has 2 rings (SSSR count). The van der Waals surface area contributed by atoms with Gasteiger partial charge in [0.05, 0.1) is 7.11 Å². The molecule has 2 N–H and O–H groups in total. The van der Waals surface area contributed by atoms with Crippen molar-refractivity contribution in [3.8, 4) is 11.5 Å². The predicted octanol–water partition coefficient (Wildman–Crippen LogP) is 2.21. The van der Waals surface area contributed by atoms with E-state index in [9.17, 15) is 5.11 Å². The van der Waals surface area contributed by atoms with Gasteiger partial charge >= 0.3 is 0 Å². The van der Waals surface area contributed by atoms with Crippen LogP contribution in [-0.4, -0.2) is 18.3 Å². The molecule has 1 saturated carbocycles. The van der Waals surface area contributed by atoms with Gasteiger partial charge in [-0.05, 0) is 25.8 Å². The van der Waals surface area contributed by atoms with Crippen LogP contribution in [0.3, 0.4) is 0 Å². The van der Waals surface area contributed by atoms with Gasteiger partial charge in [-0.3, -0.25) is 0 Å². The zero-order valence-electron chi connectivity index (χ0n) is 9.16. The van der Waals surface area contributed by atoms with Gasteiger partial charge in [-0.25, -0.2) is 0 Å². The Balaban J connectivity index is 2.11. The van der Waals surface area contributed by atoms with Crippen molar-refractivity contribution < 1.29 is 9.84 Å². The molecule has 3 nitrogen and oxygen atoms in total. The molecule has 15 heavy (non-hydrogen) atoms. The molecule has 0 aliphatic heterocycles. The van der Waals surface area contributed by atoms with E-state index in [1.165, 1.54) is 12.8 Å². The van der Waals surface area contributed by atoms with E-state index in [0.29, 0.717) is 17.5 Å². The van der Waals surface area contributed by atoms with Crippen molar-refractivity contribution in [2.45, 2.75) is 31.8 Å². The minimum absolute atomic E-state index is 0.198. The summed E-state index contributed by atoms with van der Waals surface area (Å²) in [5, 5.41) is 13.3. The van der Waals surface area contributed by atoms with Crippen LogP contribution in [0.2, 0.25) is 0 Å². The number of phenolic OH excluding ortho intramolecular Hbond substituents is 1. The van der Waals surface area contributed by atoms with Gasteiger partial charge in [0.1, 0.15) is 11.5 Å². The van der Waals surface area contributed by atoms with E-state index in [1.807, 2.05) is 12.1 Å². The topological polar surface area (TPSA) is 41.5 Å². The second kappa shape index (κ2) is 4.11. The quantitative estimate of drug-likeness (QED) is 0.795. The Morgan fingerprint density at radius 1 is 1.47 bits per heavy atom. The van der Waals surface area contributed by atoms with E-state index in [1.54, 1.807) is 13.2 Å². The second-order valence-corrected chi connectivity index (χ2v) is 4.09. The summed E-state index contributed by atoms with van der Waals surface area (Å²) in [6.07, 6.45) is 2.50. The van der Waals surface area contributed by atoms with Gasteiger partial charge in [0.2, 0.25) is 0 Å². The molecule has 0 radical (unpaired) electrons. The third-order valence-electron chi connectivity index (χ3n) is 2.77. The zero-order chi connectivity index (χ0) is 10.8. The van der Waals surface area contributed by atoms with E-state index in [4.69, 9.17) is 4.74 Å². The maximum absolute atomic E-state index is 9.81. The summed E-state index contributed by atoms with van der Waals surface area (Å²) in [5.41, 5.74) is 0.933. The fourth-order valence-corrected chi connectivity index (χ4v) is 1.71. The lowest BCUT2D eigenvalue weighted by Gasteiger charge is -2.15. The van der Waals surface area contributed by atoms with E-state index < -0.39 is 0 Å². The first-order valence-electron chi connectivity index (χ1n) is 5.33. The van der Waals surface area contributed by atoms with Crippen molar-refractivity contribution in [1.29, 1.82) is 0 Å². The van der Waals surface area contributed by atoms with Gasteiger partial charge in [0.25, 0.3) is 0 Å². The highest BCUT2D eigenvalue weighted by molar-refractivity contribution is 5.41. The number of rotatable bonds is 4. The second-order valence-electron chi connectivity index (χ2n) is 4.09. The molecule has 1 aromatic rings. The first-order chi connectivity index (χ1) is 7.20. The average molecular weight is 207 g/mol. The van der Waals surface area contributed by atoms with Crippen molar-refractivity contribution in [3.05, 3.63) is 23.8 Å². The molecule has 0 bridgehead atoms. The number of ether oxygens (including phenoxy) is 1. The molecule has 1 fully saturated rings. The summed E-state index contributed by atoms with van der Waals surface area (Å²) >= 11 is 0. The summed E-state index contributed by atoms with van der Waals surface area (Å²) in [5.74, 6) is 0.991.